The summed E-state index contributed by atoms with van der Waals surface area (Å²) in [6, 6.07) is 3.54. The van der Waals surface area contributed by atoms with Gasteiger partial charge in [0, 0.05) is 39.3 Å². The van der Waals surface area contributed by atoms with Crippen LogP contribution in [0.5, 0.6) is 17.8 Å². The van der Waals surface area contributed by atoms with Crippen molar-refractivity contribution in [2.24, 2.45) is 0 Å². The van der Waals surface area contributed by atoms with Gasteiger partial charge >= 0.3 is 6.01 Å². The zero-order valence-corrected chi connectivity index (χ0v) is 15.3. The molecule has 10 heteroatoms. The number of hydrogen-bond acceptors (Lipinski definition) is 10. The molecular formula is C16H23N7O3. The third-order valence-electron chi connectivity index (χ3n) is 3.55. The second kappa shape index (κ2) is 8.56. The van der Waals surface area contributed by atoms with Gasteiger partial charge in [-0.25, -0.2) is 0 Å². The molecule has 140 valence electrons. The summed E-state index contributed by atoms with van der Waals surface area (Å²) >= 11 is 0. The van der Waals surface area contributed by atoms with Crippen LogP contribution in [0.2, 0.25) is 0 Å². The minimum Gasteiger partial charge on any atom is -0.477 e. The standard InChI is InChI=1S/C16H23N7O3/c1-4-9-25-12-5-6-13(21-20-12)26-16-18-14(22(2)3)17-15(19-16)23-7-10-24-11-8-23/h5-6H,4,7-11H2,1-3H3. The third kappa shape index (κ3) is 4.66. The molecule has 0 N–H and O–H groups in total. The van der Waals surface area contributed by atoms with Crippen LogP contribution in [0.1, 0.15) is 13.3 Å². The van der Waals surface area contributed by atoms with Crippen molar-refractivity contribution in [3.8, 4) is 17.8 Å². The van der Waals surface area contributed by atoms with Crippen molar-refractivity contribution < 1.29 is 14.2 Å². The summed E-state index contributed by atoms with van der Waals surface area (Å²) in [4.78, 5) is 17.0. The largest absolute Gasteiger partial charge is 0.477 e. The quantitative estimate of drug-likeness (QED) is 0.714. The first-order valence-corrected chi connectivity index (χ1v) is 8.56. The molecule has 26 heavy (non-hydrogen) atoms. The molecule has 3 heterocycles. The molecule has 0 unspecified atom stereocenters. The maximum atomic E-state index is 5.68. The number of rotatable bonds is 7. The first kappa shape index (κ1) is 18.1. The lowest BCUT2D eigenvalue weighted by molar-refractivity contribution is 0.122. The molecule has 0 saturated carbocycles. The number of aromatic nitrogens is 5. The zero-order chi connectivity index (χ0) is 18.4. The normalized spacial score (nSPS) is 14.2. The summed E-state index contributed by atoms with van der Waals surface area (Å²) in [6.45, 7) is 5.35. The van der Waals surface area contributed by atoms with E-state index >= 15 is 0 Å². The Hall–Kier alpha value is -2.75. The van der Waals surface area contributed by atoms with Gasteiger partial charge in [-0.15, -0.1) is 10.2 Å². The fourth-order valence-electron chi connectivity index (χ4n) is 2.23. The van der Waals surface area contributed by atoms with E-state index < -0.39 is 0 Å². The van der Waals surface area contributed by atoms with E-state index in [1.165, 1.54) is 0 Å². The summed E-state index contributed by atoms with van der Waals surface area (Å²) in [6.07, 6.45) is 0.905. The van der Waals surface area contributed by atoms with E-state index in [-0.39, 0.29) is 11.9 Å². The molecule has 2 aromatic heterocycles. The van der Waals surface area contributed by atoms with Crippen LogP contribution in [0, 0.1) is 0 Å². The smallest absolute Gasteiger partial charge is 0.330 e. The van der Waals surface area contributed by atoms with Gasteiger partial charge in [-0.3, -0.25) is 0 Å². The molecule has 0 aliphatic carbocycles. The van der Waals surface area contributed by atoms with Crippen LogP contribution in [0.4, 0.5) is 11.9 Å². The van der Waals surface area contributed by atoms with Crippen LogP contribution in [0.3, 0.4) is 0 Å². The van der Waals surface area contributed by atoms with Crippen LogP contribution in [0.15, 0.2) is 12.1 Å². The van der Waals surface area contributed by atoms with Crippen molar-refractivity contribution in [1.82, 2.24) is 25.1 Å². The average Bonchev–Trinajstić information content (AvgIpc) is 2.68. The van der Waals surface area contributed by atoms with Gasteiger partial charge in [0.1, 0.15) is 0 Å². The highest BCUT2D eigenvalue weighted by Gasteiger charge is 2.18. The van der Waals surface area contributed by atoms with Gasteiger partial charge in [-0.2, -0.15) is 15.0 Å². The summed E-state index contributed by atoms with van der Waals surface area (Å²) in [7, 11) is 3.73. The van der Waals surface area contributed by atoms with Crippen LogP contribution >= 0.6 is 0 Å². The number of ether oxygens (including phenoxy) is 3. The number of morpholine rings is 1. The van der Waals surface area contributed by atoms with Gasteiger partial charge in [0.25, 0.3) is 0 Å². The minimum absolute atomic E-state index is 0.168. The predicted octanol–water partition coefficient (Wildman–Crippen LogP) is 1.15. The molecule has 1 aliphatic rings. The maximum Gasteiger partial charge on any atom is 0.330 e. The summed E-state index contributed by atoms with van der Waals surface area (Å²) in [5.74, 6) is 1.81. The molecule has 2 aromatic rings. The lowest BCUT2D eigenvalue weighted by Gasteiger charge is -2.27. The monoisotopic (exact) mass is 361 g/mol. The van der Waals surface area contributed by atoms with E-state index in [0.29, 0.717) is 37.6 Å². The van der Waals surface area contributed by atoms with Crippen LogP contribution in [-0.4, -0.2) is 72.2 Å². The first-order valence-electron chi connectivity index (χ1n) is 8.56. The van der Waals surface area contributed by atoms with Gasteiger partial charge in [0.2, 0.25) is 23.7 Å². The Kier molecular flexibility index (Phi) is 5.95. The minimum atomic E-state index is 0.168. The fraction of sp³-hybridized carbons (Fsp3) is 0.562. The van der Waals surface area contributed by atoms with Crippen LogP contribution in [-0.2, 0) is 4.74 Å². The van der Waals surface area contributed by atoms with Gasteiger partial charge < -0.3 is 24.0 Å². The summed E-state index contributed by atoms with van der Waals surface area (Å²) < 4.78 is 16.5. The SMILES string of the molecule is CCCOc1ccc(Oc2nc(N(C)C)nc(N3CCOCC3)n2)nn1. The van der Waals surface area contributed by atoms with Gasteiger partial charge in [0.15, 0.2) is 0 Å². The van der Waals surface area contributed by atoms with Crippen molar-refractivity contribution in [2.75, 3.05) is 56.8 Å². The van der Waals surface area contributed by atoms with E-state index in [9.17, 15) is 0 Å². The van der Waals surface area contributed by atoms with Gasteiger partial charge in [-0.05, 0) is 6.42 Å². The Labute approximate surface area is 152 Å². The highest BCUT2D eigenvalue weighted by molar-refractivity contribution is 5.40. The van der Waals surface area contributed by atoms with Crippen LogP contribution < -0.4 is 19.3 Å². The molecular weight excluding hydrogens is 338 g/mol. The lowest BCUT2D eigenvalue weighted by Crippen LogP contribution is -2.37. The number of nitrogens with zero attached hydrogens (tertiary/aromatic N) is 7. The maximum absolute atomic E-state index is 5.68. The predicted molar refractivity (Wildman–Crippen MR) is 95.1 cm³/mol. The topological polar surface area (TPSA) is 98.6 Å². The highest BCUT2D eigenvalue weighted by Crippen LogP contribution is 2.21. The van der Waals surface area contributed by atoms with E-state index in [2.05, 4.69) is 25.1 Å². The average molecular weight is 361 g/mol. The van der Waals surface area contributed by atoms with Crippen molar-refractivity contribution in [3.63, 3.8) is 0 Å². The Bertz CT molecular complexity index is 705. The molecule has 0 spiro atoms. The molecule has 0 aromatic carbocycles. The number of hydrogen-bond donors (Lipinski definition) is 0. The Balaban J connectivity index is 1.78. The Morgan fingerprint density at radius 1 is 1.08 bits per heavy atom. The molecule has 10 nitrogen and oxygen atoms in total. The van der Waals surface area contributed by atoms with Gasteiger partial charge in [-0.1, -0.05) is 6.92 Å². The Morgan fingerprint density at radius 3 is 2.46 bits per heavy atom. The van der Waals surface area contributed by atoms with E-state index in [1.807, 2.05) is 25.9 Å². The number of anilines is 2. The molecule has 0 radical (unpaired) electrons. The first-order chi connectivity index (χ1) is 12.7. The summed E-state index contributed by atoms with van der Waals surface area (Å²) in [5.41, 5.74) is 0. The van der Waals surface area contributed by atoms with Gasteiger partial charge in [0.05, 0.1) is 19.8 Å². The van der Waals surface area contributed by atoms with E-state index in [0.717, 1.165) is 19.5 Å². The van der Waals surface area contributed by atoms with Crippen LogP contribution in [0.25, 0.3) is 0 Å². The molecule has 1 fully saturated rings. The molecule has 0 atom stereocenters. The third-order valence-corrected chi connectivity index (χ3v) is 3.55. The molecule has 0 bridgehead atoms. The van der Waals surface area contributed by atoms with Crippen molar-refractivity contribution in [2.45, 2.75) is 13.3 Å². The van der Waals surface area contributed by atoms with E-state index in [1.54, 1.807) is 17.0 Å². The van der Waals surface area contributed by atoms with Crippen molar-refractivity contribution >= 4 is 11.9 Å². The molecule has 0 amide bonds. The Morgan fingerprint density at radius 2 is 1.81 bits per heavy atom. The molecule has 1 aliphatic heterocycles. The summed E-state index contributed by atoms with van der Waals surface area (Å²) in [5, 5.41) is 7.98. The van der Waals surface area contributed by atoms with Crippen molar-refractivity contribution in [1.29, 1.82) is 0 Å². The zero-order valence-electron chi connectivity index (χ0n) is 15.3. The highest BCUT2D eigenvalue weighted by atomic mass is 16.5. The molecule has 1 saturated heterocycles. The van der Waals surface area contributed by atoms with Crippen molar-refractivity contribution in [3.05, 3.63) is 12.1 Å². The fourth-order valence-corrected chi connectivity index (χ4v) is 2.23. The lowest BCUT2D eigenvalue weighted by atomic mass is 10.4. The molecule has 3 rings (SSSR count). The second-order valence-corrected chi connectivity index (χ2v) is 5.87. The second-order valence-electron chi connectivity index (χ2n) is 5.87. The van der Waals surface area contributed by atoms with E-state index in [4.69, 9.17) is 14.2 Å².